The molecule has 34 heavy (non-hydrogen) atoms. The average Bonchev–Trinajstić information content (AvgIpc) is 3.28. The van der Waals surface area contributed by atoms with Gasteiger partial charge in [-0.1, -0.05) is 35.1 Å². The number of hydrogen-bond donors (Lipinski definition) is 0. The van der Waals surface area contributed by atoms with Crippen LogP contribution in [-0.2, 0) is 21.2 Å². The molecule has 2 heterocycles. The Bertz CT molecular complexity index is 1390. The number of halogens is 1. The lowest BCUT2D eigenvalue weighted by atomic mass is 10.2. The van der Waals surface area contributed by atoms with Crippen LogP contribution in [0.2, 0.25) is 5.02 Å². The normalized spacial score (nSPS) is 11.5. The van der Waals surface area contributed by atoms with Gasteiger partial charge < -0.3 is 4.74 Å². The summed E-state index contributed by atoms with van der Waals surface area (Å²) in [6, 6.07) is 17.2. The van der Waals surface area contributed by atoms with Crippen LogP contribution in [0.1, 0.15) is 18.5 Å². The molecule has 1 amide bonds. The monoisotopic (exact) mass is 515 g/mol. The van der Waals surface area contributed by atoms with E-state index in [1.54, 1.807) is 35.4 Å². The summed E-state index contributed by atoms with van der Waals surface area (Å²) in [5.41, 5.74) is 1.33. The van der Waals surface area contributed by atoms with Gasteiger partial charge in [-0.15, -0.1) is 0 Å². The zero-order valence-electron chi connectivity index (χ0n) is 18.3. The highest BCUT2D eigenvalue weighted by atomic mass is 35.5. The summed E-state index contributed by atoms with van der Waals surface area (Å²) in [5, 5.41) is 1.01. The molecule has 4 aromatic rings. The average molecular weight is 516 g/mol. The highest BCUT2D eigenvalue weighted by Crippen LogP contribution is 2.33. The molecule has 0 aliphatic heterocycles. The van der Waals surface area contributed by atoms with Crippen molar-refractivity contribution in [1.82, 2.24) is 9.97 Å². The minimum atomic E-state index is -3.53. The van der Waals surface area contributed by atoms with Gasteiger partial charge >= 0.3 is 0 Å². The Hall–Kier alpha value is -3.01. The Morgan fingerprint density at radius 1 is 1.09 bits per heavy atom. The summed E-state index contributed by atoms with van der Waals surface area (Å²) in [4.78, 5) is 23.9. The Morgan fingerprint density at radius 3 is 2.56 bits per heavy atom. The molecule has 0 fully saturated rings. The number of carbonyl (C=O) groups is 1. The number of benzene rings is 2. The number of rotatable bonds is 9. The standard InChI is InChI=1S/C24H22ClN3O4S2/c1-32-18-10-12-19(13-11-18)34(30,31)15-5-9-22(29)28(16-17-6-2-3-14-26-17)24-27-23-20(25)7-4-8-21(23)33-24/h2-4,6-8,10-14H,5,9,15-16H2,1H3. The van der Waals surface area contributed by atoms with Crippen molar-refractivity contribution in [3.8, 4) is 5.75 Å². The molecule has 2 aromatic heterocycles. The van der Waals surface area contributed by atoms with Gasteiger partial charge in [0.25, 0.3) is 0 Å². The third-order valence-corrected chi connectivity index (χ3v) is 8.32. The molecule has 7 nitrogen and oxygen atoms in total. The van der Waals surface area contributed by atoms with Crippen LogP contribution >= 0.6 is 22.9 Å². The van der Waals surface area contributed by atoms with E-state index in [1.165, 1.54) is 30.6 Å². The molecule has 2 aromatic carbocycles. The fourth-order valence-electron chi connectivity index (χ4n) is 3.38. The Labute approximate surface area is 206 Å². The number of ether oxygens (including phenoxy) is 1. The first-order chi connectivity index (χ1) is 16.4. The second-order valence-corrected chi connectivity index (χ2v) is 11.0. The first-order valence-electron chi connectivity index (χ1n) is 10.5. The van der Waals surface area contributed by atoms with E-state index in [0.29, 0.717) is 27.1 Å². The molecule has 4 rings (SSSR count). The third kappa shape index (κ3) is 5.55. The maximum atomic E-state index is 13.2. The number of pyridine rings is 1. The summed E-state index contributed by atoms with van der Waals surface area (Å²) in [5.74, 6) is 0.203. The predicted octanol–water partition coefficient (Wildman–Crippen LogP) is 5.14. The molecular formula is C24H22ClN3O4S2. The fraction of sp³-hybridized carbons (Fsp3) is 0.208. The minimum absolute atomic E-state index is 0.0475. The van der Waals surface area contributed by atoms with E-state index in [4.69, 9.17) is 16.3 Å². The van der Waals surface area contributed by atoms with E-state index in [9.17, 15) is 13.2 Å². The zero-order chi connectivity index (χ0) is 24.1. The molecule has 0 aliphatic carbocycles. The maximum Gasteiger partial charge on any atom is 0.229 e. The number of amides is 1. The number of anilines is 1. The fourth-order valence-corrected chi connectivity index (χ4v) is 5.98. The first-order valence-corrected chi connectivity index (χ1v) is 13.3. The van der Waals surface area contributed by atoms with E-state index in [0.717, 1.165) is 4.70 Å². The number of fused-ring (bicyclic) bond motifs is 1. The highest BCUT2D eigenvalue weighted by Gasteiger charge is 2.22. The van der Waals surface area contributed by atoms with Crippen molar-refractivity contribution in [3.63, 3.8) is 0 Å². The van der Waals surface area contributed by atoms with Gasteiger partial charge in [0.2, 0.25) is 5.91 Å². The summed E-state index contributed by atoms with van der Waals surface area (Å²) < 4.78 is 31.3. The molecule has 0 unspecified atom stereocenters. The Balaban J connectivity index is 1.51. The number of nitrogens with zero attached hydrogens (tertiary/aromatic N) is 3. The van der Waals surface area contributed by atoms with Gasteiger partial charge in [0, 0.05) is 12.6 Å². The van der Waals surface area contributed by atoms with Crippen molar-refractivity contribution >= 4 is 54.0 Å². The quantitative estimate of drug-likeness (QED) is 0.306. The molecule has 0 atom stereocenters. The lowest BCUT2D eigenvalue weighted by molar-refractivity contribution is -0.118. The van der Waals surface area contributed by atoms with E-state index < -0.39 is 9.84 Å². The number of sulfone groups is 1. The van der Waals surface area contributed by atoms with Crippen LogP contribution in [0.25, 0.3) is 10.2 Å². The number of aromatic nitrogens is 2. The summed E-state index contributed by atoms with van der Waals surface area (Å²) >= 11 is 7.64. The van der Waals surface area contributed by atoms with Crippen molar-refractivity contribution in [2.24, 2.45) is 0 Å². The largest absolute Gasteiger partial charge is 0.497 e. The van der Waals surface area contributed by atoms with Crippen molar-refractivity contribution in [2.75, 3.05) is 17.8 Å². The molecular weight excluding hydrogens is 494 g/mol. The number of para-hydroxylation sites is 1. The van der Waals surface area contributed by atoms with Crippen molar-refractivity contribution in [1.29, 1.82) is 0 Å². The van der Waals surface area contributed by atoms with Crippen LogP contribution in [0.15, 0.2) is 71.8 Å². The third-order valence-electron chi connectivity index (χ3n) is 5.16. The zero-order valence-corrected chi connectivity index (χ0v) is 20.7. The molecule has 0 bridgehead atoms. The number of carbonyl (C=O) groups excluding carboxylic acids is 1. The number of methoxy groups -OCH3 is 1. The smallest absolute Gasteiger partial charge is 0.229 e. The van der Waals surface area contributed by atoms with Crippen LogP contribution in [0.4, 0.5) is 5.13 Å². The van der Waals surface area contributed by atoms with Crippen molar-refractivity contribution in [3.05, 3.63) is 77.6 Å². The van der Waals surface area contributed by atoms with Gasteiger partial charge in [-0.05, 0) is 55.0 Å². The predicted molar refractivity (Wildman–Crippen MR) is 134 cm³/mol. The van der Waals surface area contributed by atoms with E-state index in [2.05, 4.69) is 9.97 Å². The van der Waals surface area contributed by atoms with E-state index in [-0.39, 0.29) is 35.9 Å². The highest BCUT2D eigenvalue weighted by molar-refractivity contribution is 7.91. The van der Waals surface area contributed by atoms with Crippen LogP contribution in [0.3, 0.4) is 0 Å². The van der Waals surface area contributed by atoms with Gasteiger partial charge in [0.15, 0.2) is 15.0 Å². The minimum Gasteiger partial charge on any atom is -0.497 e. The van der Waals surface area contributed by atoms with Crippen molar-refractivity contribution in [2.45, 2.75) is 24.3 Å². The SMILES string of the molecule is COc1ccc(S(=O)(=O)CCCC(=O)N(Cc2ccccn2)c2nc3c(Cl)cccc3s2)cc1. The molecule has 0 saturated heterocycles. The number of thiazole rings is 1. The maximum absolute atomic E-state index is 13.2. The topological polar surface area (TPSA) is 89.5 Å². The molecule has 0 N–H and O–H groups in total. The van der Waals surface area contributed by atoms with E-state index >= 15 is 0 Å². The molecule has 176 valence electrons. The van der Waals surface area contributed by atoms with Crippen molar-refractivity contribution < 1.29 is 17.9 Å². The number of hydrogen-bond acceptors (Lipinski definition) is 7. The summed E-state index contributed by atoms with van der Waals surface area (Å²) in [6.45, 7) is 0.225. The van der Waals surface area contributed by atoms with Crippen LogP contribution < -0.4 is 9.64 Å². The lowest BCUT2D eigenvalue weighted by Gasteiger charge is -2.19. The Kier molecular flexibility index (Phi) is 7.45. The molecule has 0 aliphatic rings. The first kappa shape index (κ1) is 24.1. The second kappa shape index (κ2) is 10.5. The van der Waals surface area contributed by atoms with Gasteiger partial charge in [0.1, 0.15) is 11.3 Å². The molecule has 0 saturated carbocycles. The van der Waals surface area contributed by atoms with Crippen LogP contribution in [0.5, 0.6) is 5.75 Å². The van der Waals surface area contributed by atoms with Gasteiger partial charge in [-0.2, -0.15) is 0 Å². The lowest BCUT2D eigenvalue weighted by Crippen LogP contribution is -2.30. The summed E-state index contributed by atoms with van der Waals surface area (Å²) in [7, 11) is -2.01. The van der Waals surface area contributed by atoms with Crippen LogP contribution in [0, 0.1) is 0 Å². The van der Waals surface area contributed by atoms with Gasteiger partial charge in [-0.25, -0.2) is 13.4 Å². The summed E-state index contributed by atoms with van der Waals surface area (Å²) in [6.07, 6.45) is 1.89. The molecule has 0 spiro atoms. The Morgan fingerprint density at radius 2 is 1.88 bits per heavy atom. The van der Waals surface area contributed by atoms with E-state index in [1.807, 2.05) is 24.3 Å². The van der Waals surface area contributed by atoms with Crippen LogP contribution in [-0.4, -0.2) is 37.2 Å². The molecule has 0 radical (unpaired) electrons. The second-order valence-electron chi connectivity index (χ2n) is 7.48. The van der Waals surface area contributed by atoms with Gasteiger partial charge in [0.05, 0.1) is 39.7 Å². The molecule has 10 heteroatoms. The van der Waals surface area contributed by atoms with Gasteiger partial charge in [-0.3, -0.25) is 14.7 Å².